The first-order valence-corrected chi connectivity index (χ1v) is 7.40. The van der Waals surface area contributed by atoms with Crippen LogP contribution in [0.25, 0.3) is 0 Å². The maximum Gasteiger partial charge on any atom is 0.0534 e. The average Bonchev–Trinajstić information content (AvgIpc) is 2.82. The molecule has 0 amide bonds. The average molecular weight is 265 g/mol. The van der Waals surface area contributed by atoms with Gasteiger partial charge < -0.3 is 10.6 Å². The van der Waals surface area contributed by atoms with E-state index in [9.17, 15) is 0 Å². The molecule has 2 rings (SSSR count). The lowest BCUT2D eigenvalue weighted by molar-refractivity contribution is 0.125. The third kappa shape index (κ3) is 4.93. The van der Waals surface area contributed by atoms with Gasteiger partial charge >= 0.3 is 0 Å². The highest BCUT2D eigenvalue weighted by Crippen LogP contribution is 2.08. The summed E-state index contributed by atoms with van der Waals surface area (Å²) in [7, 11) is 1.97. The van der Waals surface area contributed by atoms with E-state index in [1.54, 1.807) is 0 Å². The van der Waals surface area contributed by atoms with Crippen LogP contribution in [0.2, 0.25) is 0 Å². The molecule has 0 saturated carbocycles. The molecule has 0 spiro atoms. The van der Waals surface area contributed by atoms with Crippen molar-refractivity contribution in [1.82, 2.24) is 19.6 Å². The van der Waals surface area contributed by atoms with Crippen molar-refractivity contribution < 1.29 is 0 Å². The van der Waals surface area contributed by atoms with Gasteiger partial charge in [0.15, 0.2) is 0 Å². The Morgan fingerprint density at radius 2 is 1.84 bits per heavy atom. The summed E-state index contributed by atoms with van der Waals surface area (Å²) in [4.78, 5) is 5.10. The van der Waals surface area contributed by atoms with Crippen molar-refractivity contribution in [2.75, 3.05) is 39.3 Å². The monoisotopic (exact) mass is 265 g/mol. The summed E-state index contributed by atoms with van der Waals surface area (Å²) in [6.45, 7) is 7.85. The molecule has 108 valence electrons. The van der Waals surface area contributed by atoms with Crippen LogP contribution in [0.1, 0.15) is 24.8 Å². The Balaban J connectivity index is 1.62. The Morgan fingerprint density at radius 3 is 2.47 bits per heavy atom. The van der Waals surface area contributed by atoms with Crippen LogP contribution in [-0.4, -0.2) is 58.8 Å². The van der Waals surface area contributed by atoms with Crippen LogP contribution >= 0.6 is 0 Å². The molecule has 0 radical (unpaired) electrons. The van der Waals surface area contributed by atoms with E-state index in [0.29, 0.717) is 0 Å². The fraction of sp³-hybridized carbons (Fsp3) is 0.786. The molecular formula is C14H27N5. The van der Waals surface area contributed by atoms with Crippen molar-refractivity contribution in [3.8, 4) is 0 Å². The summed E-state index contributed by atoms with van der Waals surface area (Å²) in [6, 6.07) is 0. The van der Waals surface area contributed by atoms with Gasteiger partial charge in [0, 0.05) is 51.5 Å². The van der Waals surface area contributed by atoms with Gasteiger partial charge in [0.25, 0.3) is 0 Å². The standard InChI is InChI=1S/C14H27N5/c1-17-12-14(11-16-17)13-19-9-7-18(8-10-19)6-4-2-3-5-15/h11-12H,2-10,13,15H2,1H3. The van der Waals surface area contributed by atoms with Crippen molar-refractivity contribution in [3.05, 3.63) is 18.0 Å². The third-order valence-electron chi connectivity index (χ3n) is 3.81. The van der Waals surface area contributed by atoms with Crippen molar-refractivity contribution in [2.24, 2.45) is 12.8 Å². The minimum absolute atomic E-state index is 0.832. The van der Waals surface area contributed by atoms with Crippen LogP contribution in [0.5, 0.6) is 0 Å². The third-order valence-corrected chi connectivity index (χ3v) is 3.81. The Bertz CT molecular complexity index is 354. The summed E-state index contributed by atoms with van der Waals surface area (Å²) in [6.07, 6.45) is 7.81. The summed E-state index contributed by atoms with van der Waals surface area (Å²) in [5, 5.41) is 4.22. The summed E-state index contributed by atoms with van der Waals surface area (Å²) >= 11 is 0. The van der Waals surface area contributed by atoms with E-state index in [2.05, 4.69) is 21.1 Å². The van der Waals surface area contributed by atoms with Gasteiger partial charge in [-0.05, 0) is 25.9 Å². The van der Waals surface area contributed by atoms with E-state index < -0.39 is 0 Å². The SMILES string of the molecule is Cn1cc(CN2CCN(CCCCCN)CC2)cn1. The van der Waals surface area contributed by atoms with Crippen LogP contribution in [-0.2, 0) is 13.6 Å². The highest BCUT2D eigenvalue weighted by atomic mass is 15.3. The van der Waals surface area contributed by atoms with Crippen LogP contribution < -0.4 is 5.73 Å². The summed E-state index contributed by atoms with van der Waals surface area (Å²) in [5.41, 5.74) is 6.83. The number of piperazine rings is 1. The van der Waals surface area contributed by atoms with Crippen LogP contribution in [0.4, 0.5) is 0 Å². The van der Waals surface area contributed by atoms with Gasteiger partial charge in [0.1, 0.15) is 0 Å². The normalized spacial score (nSPS) is 18.0. The molecule has 1 aromatic heterocycles. The van der Waals surface area contributed by atoms with E-state index in [1.807, 2.05) is 17.9 Å². The first kappa shape index (κ1) is 14.5. The first-order valence-electron chi connectivity index (χ1n) is 7.40. The Morgan fingerprint density at radius 1 is 1.11 bits per heavy atom. The van der Waals surface area contributed by atoms with Gasteiger partial charge in [-0.1, -0.05) is 6.42 Å². The maximum absolute atomic E-state index is 5.51. The molecule has 1 aliphatic heterocycles. The van der Waals surface area contributed by atoms with E-state index in [-0.39, 0.29) is 0 Å². The van der Waals surface area contributed by atoms with E-state index in [1.165, 1.54) is 57.5 Å². The lowest BCUT2D eigenvalue weighted by Gasteiger charge is -2.34. The van der Waals surface area contributed by atoms with Gasteiger partial charge in [-0.25, -0.2) is 0 Å². The van der Waals surface area contributed by atoms with Gasteiger partial charge in [-0.3, -0.25) is 9.58 Å². The predicted molar refractivity (Wildman–Crippen MR) is 77.8 cm³/mol. The number of aromatic nitrogens is 2. The molecule has 1 saturated heterocycles. The molecule has 1 fully saturated rings. The maximum atomic E-state index is 5.51. The number of nitrogens with zero attached hydrogens (tertiary/aromatic N) is 4. The zero-order valence-corrected chi connectivity index (χ0v) is 12.1. The van der Waals surface area contributed by atoms with E-state index in [4.69, 9.17) is 5.73 Å². The van der Waals surface area contributed by atoms with Crippen molar-refractivity contribution in [1.29, 1.82) is 0 Å². The molecule has 0 bridgehead atoms. The Kier molecular flexibility index (Phi) is 5.82. The second-order valence-corrected chi connectivity index (χ2v) is 5.49. The van der Waals surface area contributed by atoms with Gasteiger partial charge in [0.2, 0.25) is 0 Å². The molecular weight excluding hydrogens is 238 g/mol. The Hall–Kier alpha value is -0.910. The predicted octanol–water partition coefficient (Wildman–Crippen LogP) is 0.667. The largest absolute Gasteiger partial charge is 0.330 e. The molecule has 0 aromatic carbocycles. The minimum Gasteiger partial charge on any atom is -0.330 e. The molecule has 0 aliphatic carbocycles. The fourth-order valence-electron chi connectivity index (χ4n) is 2.64. The molecule has 2 heterocycles. The molecule has 5 nitrogen and oxygen atoms in total. The lowest BCUT2D eigenvalue weighted by Crippen LogP contribution is -2.46. The van der Waals surface area contributed by atoms with Crippen molar-refractivity contribution in [2.45, 2.75) is 25.8 Å². The molecule has 1 aromatic rings. The number of unbranched alkanes of at least 4 members (excludes halogenated alkanes) is 2. The number of aryl methyl sites for hydroxylation is 1. The molecule has 1 aliphatic rings. The molecule has 5 heteroatoms. The zero-order chi connectivity index (χ0) is 13.5. The minimum atomic E-state index is 0.832. The summed E-state index contributed by atoms with van der Waals surface area (Å²) < 4.78 is 1.88. The second-order valence-electron chi connectivity index (χ2n) is 5.49. The Labute approximate surface area is 116 Å². The van der Waals surface area contributed by atoms with E-state index >= 15 is 0 Å². The van der Waals surface area contributed by atoms with Gasteiger partial charge in [-0.15, -0.1) is 0 Å². The van der Waals surface area contributed by atoms with Crippen LogP contribution in [0, 0.1) is 0 Å². The van der Waals surface area contributed by atoms with Crippen molar-refractivity contribution >= 4 is 0 Å². The number of rotatable bonds is 7. The van der Waals surface area contributed by atoms with Gasteiger partial charge in [0.05, 0.1) is 6.20 Å². The topological polar surface area (TPSA) is 50.3 Å². The molecule has 2 N–H and O–H groups in total. The smallest absolute Gasteiger partial charge is 0.0534 e. The lowest BCUT2D eigenvalue weighted by atomic mass is 10.2. The first-order chi connectivity index (χ1) is 9.28. The fourth-order valence-corrected chi connectivity index (χ4v) is 2.64. The number of hydrogen-bond acceptors (Lipinski definition) is 4. The van der Waals surface area contributed by atoms with Gasteiger partial charge in [-0.2, -0.15) is 5.10 Å². The number of nitrogens with two attached hydrogens (primary N) is 1. The number of hydrogen-bond donors (Lipinski definition) is 1. The zero-order valence-electron chi connectivity index (χ0n) is 12.1. The molecule has 0 unspecified atom stereocenters. The van der Waals surface area contributed by atoms with Crippen LogP contribution in [0.3, 0.4) is 0 Å². The quantitative estimate of drug-likeness (QED) is 0.736. The van der Waals surface area contributed by atoms with Crippen LogP contribution in [0.15, 0.2) is 12.4 Å². The van der Waals surface area contributed by atoms with E-state index in [0.717, 1.165) is 13.1 Å². The summed E-state index contributed by atoms with van der Waals surface area (Å²) in [5.74, 6) is 0. The highest BCUT2D eigenvalue weighted by Gasteiger charge is 2.16. The molecule has 0 atom stereocenters. The molecule has 19 heavy (non-hydrogen) atoms. The second kappa shape index (κ2) is 7.62. The highest BCUT2D eigenvalue weighted by molar-refractivity contribution is 5.03. The van der Waals surface area contributed by atoms with Crippen molar-refractivity contribution in [3.63, 3.8) is 0 Å².